The van der Waals surface area contributed by atoms with Crippen molar-refractivity contribution in [2.45, 2.75) is 37.5 Å². The summed E-state index contributed by atoms with van der Waals surface area (Å²) in [6.45, 7) is 0.0999. The molecule has 0 bridgehead atoms. The van der Waals surface area contributed by atoms with Gasteiger partial charge in [-0.15, -0.1) is 0 Å². The van der Waals surface area contributed by atoms with Crippen LogP contribution < -0.4 is 5.32 Å². The predicted octanol–water partition coefficient (Wildman–Crippen LogP) is 0.111. The van der Waals surface area contributed by atoms with Crippen molar-refractivity contribution in [2.75, 3.05) is 18.1 Å². The van der Waals surface area contributed by atoms with Crippen LogP contribution in [0.4, 0.5) is 4.79 Å². The van der Waals surface area contributed by atoms with Gasteiger partial charge in [-0.2, -0.15) is 11.8 Å². The number of likely N-dealkylation sites (tertiary alicyclic amines) is 1. The number of nitrogens with one attached hydrogen (secondary N) is 1. The van der Waals surface area contributed by atoms with E-state index in [0.717, 1.165) is 24.3 Å². The molecule has 2 saturated heterocycles. The Morgan fingerprint density at radius 1 is 1.39 bits per heavy atom. The summed E-state index contributed by atoms with van der Waals surface area (Å²) in [6.07, 6.45) is 1.38. The number of amides is 2. The van der Waals surface area contributed by atoms with E-state index in [4.69, 9.17) is 5.11 Å². The number of thioether (sulfide) groups is 1. The summed E-state index contributed by atoms with van der Waals surface area (Å²) in [4.78, 5) is 24.3. The monoisotopic (exact) mass is 274 g/mol. The van der Waals surface area contributed by atoms with Gasteiger partial charge in [0.15, 0.2) is 0 Å². The molecule has 1 unspecified atom stereocenters. The average molecular weight is 274 g/mol. The number of carbonyl (C=O) groups excluding carboxylic acids is 1. The number of aliphatic hydroxyl groups is 1. The van der Waals surface area contributed by atoms with E-state index in [2.05, 4.69) is 5.32 Å². The molecular weight excluding hydrogens is 256 g/mol. The van der Waals surface area contributed by atoms with Crippen LogP contribution in [0, 0.1) is 0 Å². The van der Waals surface area contributed by atoms with Gasteiger partial charge in [0, 0.05) is 24.8 Å². The highest BCUT2D eigenvalue weighted by atomic mass is 32.2. The molecule has 2 heterocycles. The standard InChI is InChI=1S/C11H18N2O4S/c14-8-4-9(10(15)16)13(5-8)11(17)12-7-2-1-3-18-6-7/h7-9,14H,1-6H2,(H,12,17)(H,15,16)/t7?,8-,9+/m1/s1. The van der Waals surface area contributed by atoms with Crippen LogP contribution in [-0.2, 0) is 4.79 Å². The van der Waals surface area contributed by atoms with Gasteiger partial charge in [-0.3, -0.25) is 0 Å². The SMILES string of the molecule is O=C(O)[C@@H]1C[C@@H](O)CN1C(=O)NC1CCCSC1. The lowest BCUT2D eigenvalue weighted by molar-refractivity contribution is -0.141. The van der Waals surface area contributed by atoms with Crippen LogP contribution in [0.5, 0.6) is 0 Å². The first-order valence-corrected chi connectivity index (χ1v) is 7.29. The summed E-state index contributed by atoms with van der Waals surface area (Å²) in [5.74, 6) is 0.937. The summed E-state index contributed by atoms with van der Waals surface area (Å²) in [5.41, 5.74) is 0. The second-order valence-corrected chi connectivity index (χ2v) is 5.91. The lowest BCUT2D eigenvalue weighted by atomic mass is 10.2. The van der Waals surface area contributed by atoms with E-state index in [1.54, 1.807) is 11.8 Å². The molecule has 0 radical (unpaired) electrons. The number of carbonyl (C=O) groups is 2. The molecule has 18 heavy (non-hydrogen) atoms. The first-order valence-electron chi connectivity index (χ1n) is 6.13. The first kappa shape index (κ1) is 13.5. The van der Waals surface area contributed by atoms with E-state index in [1.165, 1.54) is 4.90 Å². The molecule has 0 aromatic carbocycles. The van der Waals surface area contributed by atoms with Crippen molar-refractivity contribution in [1.29, 1.82) is 0 Å². The summed E-state index contributed by atoms with van der Waals surface area (Å²) in [6, 6.07) is -1.16. The number of aliphatic hydroxyl groups excluding tert-OH is 1. The third kappa shape index (κ3) is 3.08. The highest BCUT2D eigenvalue weighted by Gasteiger charge is 2.39. The van der Waals surface area contributed by atoms with Gasteiger partial charge in [-0.05, 0) is 18.6 Å². The molecule has 3 N–H and O–H groups in total. The maximum absolute atomic E-state index is 12.0. The Morgan fingerprint density at radius 2 is 2.17 bits per heavy atom. The van der Waals surface area contributed by atoms with Gasteiger partial charge in [-0.25, -0.2) is 9.59 Å². The summed E-state index contributed by atoms with van der Waals surface area (Å²) < 4.78 is 0. The lowest BCUT2D eigenvalue weighted by Crippen LogP contribution is -2.50. The summed E-state index contributed by atoms with van der Waals surface area (Å²) in [7, 11) is 0. The predicted molar refractivity (Wildman–Crippen MR) is 67.6 cm³/mol. The third-order valence-corrected chi connectivity index (χ3v) is 4.53. The van der Waals surface area contributed by atoms with Crippen LogP contribution >= 0.6 is 11.8 Å². The topological polar surface area (TPSA) is 89.9 Å². The van der Waals surface area contributed by atoms with Crippen LogP contribution in [0.1, 0.15) is 19.3 Å². The van der Waals surface area contributed by atoms with Crippen molar-refractivity contribution in [2.24, 2.45) is 0 Å². The summed E-state index contributed by atoms with van der Waals surface area (Å²) in [5, 5.41) is 21.4. The zero-order valence-electron chi connectivity index (χ0n) is 10.0. The van der Waals surface area contributed by atoms with E-state index in [1.807, 2.05) is 0 Å². The van der Waals surface area contributed by atoms with Crippen molar-refractivity contribution < 1.29 is 19.8 Å². The molecule has 2 aliphatic heterocycles. The molecule has 7 heteroatoms. The van der Waals surface area contributed by atoms with Crippen LogP contribution in [0.15, 0.2) is 0 Å². The zero-order valence-corrected chi connectivity index (χ0v) is 10.9. The van der Waals surface area contributed by atoms with Crippen LogP contribution in [-0.4, -0.2) is 63.4 Å². The van der Waals surface area contributed by atoms with Crippen molar-refractivity contribution in [1.82, 2.24) is 10.2 Å². The zero-order chi connectivity index (χ0) is 13.1. The fourth-order valence-electron chi connectivity index (χ4n) is 2.38. The second kappa shape index (κ2) is 5.79. The Kier molecular flexibility index (Phi) is 4.34. The van der Waals surface area contributed by atoms with E-state index >= 15 is 0 Å². The Bertz CT molecular complexity index is 333. The van der Waals surface area contributed by atoms with Gasteiger partial charge in [0.2, 0.25) is 0 Å². The van der Waals surface area contributed by atoms with Crippen molar-refractivity contribution in [3.8, 4) is 0 Å². The molecular formula is C11H18N2O4S. The van der Waals surface area contributed by atoms with E-state index < -0.39 is 18.1 Å². The van der Waals surface area contributed by atoms with Gasteiger partial charge in [0.1, 0.15) is 6.04 Å². The maximum Gasteiger partial charge on any atom is 0.326 e. The Balaban J connectivity index is 1.92. The number of aliphatic carboxylic acids is 1. The summed E-state index contributed by atoms with van der Waals surface area (Å²) >= 11 is 1.80. The van der Waals surface area contributed by atoms with Gasteiger partial charge in [-0.1, -0.05) is 0 Å². The number of rotatable bonds is 2. The highest BCUT2D eigenvalue weighted by molar-refractivity contribution is 7.99. The molecule has 0 spiro atoms. The van der Waals surface area contributed by atoms with Crippen LogP contribution in [0.3, 0.4) is 0 Å². The Hall–Kier alpha value is -0.950. The minimum Gasteiger partial charge on any atom is -0.480 e. The first-order chi connectivity index (χ1) is 8.58. The van der Waals surface area contributed by atoms with Gasteiger partial charge in [0.05, 0.1) is 6.10 Å². The molecule has 0 aliphatic carbocycles. The highest BCUT2D eigenvalue weighted by Crippen LogP contribution is 2.20. The van der Waals surface area contributed by atoms with Gasteiger partial charge in [0.25, 0.3) is 0 Å². The molecule has 2 amide bonds. The molecule has 0 aromatic rings. The molecule has 2 aliphatic rings. The molecule has 102 valence electrons. The third-order valence-electron chi connectivity index (χ3n) is 3.31. The largest absolute Gasteiger partial charge is 0.480 e. The molecule has 6 nitrogen and oxygen atoms in total. The number of hydrogen-bond donors (Lipinski definition) is 3. The average Bonchev–Trinajstić information content (AvgIpc) is 2.73. The maximum atomic E-state index is 12.0. The Morgan fingerprint density at radius 3 is 2.78 bits per heavy atom. The van der Waals surface area contributed by atoms with Crippen molar-refractivity contribution in [3.63, 3.8) is 0 Å². The minimum absolute atomic E-state index is 0.0999. The number of nitrogens with zero attached hydrogens (tertiary/aromatic N) is 1. The number of hydrogen-bond acceptors (Lipinski definition) is 4. The molecule has 0 saturated carbocycles. The second-order valence-electron chi connectivity index (χ2n) is 4.76. The van der Waals surface area contributed by atoms with Gasteiger partial charge >= 0.3 is 12.0 Å². The number of β-amino-alcohol motifs (C(OH)–C–C–N with tert-alkyl or cyclic N) is 1. The smallest absolute Gasteiger partial charge is 0.326 e. The molecule has 3 atom stereocenters. The fraction of sp³-hybridized carbons (Fsp3) is 0.818. The van der Waals surface area contributed by atoms with E-state index in [-0.39, 0.29) is 25.0 Å². The lowest BCUT2D eigenvalue weighted by Gasteiger charge is -2.27. The van der Waals surface area contributed by atoms with E-state index in [0.29, 0.717) is 0 Å². The van der Waals surface area contributed by atoms with Crippen LogP contribution in [0.25, 0.3) is 0 Å². The number of urea groups is 1. The quantitative estimate of drug-likeness (QED) is 0.665. The fourth-order valence-corrected chi connectivity index (χ4v) is 3.46. The molecule has 2 fully saturated rings. The Labute approximate surface area is 110 Å². The van der Waals surface area contributed by atoms with Crippen LogP contribution in [0.2, 0.25) is 0 Å². The van der Waals surface area contributed by atoms with E-state index in [9.17, 15) is 14.7 Å². The number of carboxylic acids is 1. The minimum atomic E-state index is -1.06. The normalized spacial score (nSPS) is 32.3. The van der Waals surface area contributed by atoms with Gasteiger partial charge < -0.3 is 20.4 Å². The number of carboxylic acid groups (broad SMARTS) is 1. The van der Waals surface area contributed by atoms with Crippen molar-refractivity contribution in [3.05, 3.63) is 0 Å². The van der Waals surface area contributed by atoms with Crippen molar-refractivity contribution >= 4 is 23.8 Å². The molecule has 2 rings (SSSR count). The molecule has 0 aromatic heterocycles.